The number of aryl methyl sites for hydroxylation is 1. The first-order chi connectivity index (χ1) is 18.5. The van der Waals surface area contributed by atoms with Crippen LogP contribution in [0.25, 0.3) is 0 Å². The first-order valence-electron chi connectivity index (χ1n) is 13.6. The van der Waals surface area contributed by atoms with Crippen molar-refractivity contribution in [2.45, 2.75) is 51.9 Å². The molecule has 3 aromatic rings. The topological polar surface area (TPSA) is 65.3 Å². The minimum atomic E-state index is 0.190. The molecule has 3 aliphatic rings. The molecule has 6 nitrogen and oxygen atoms in total. The van der Waals surface area contributed by atoms with Crippen LogP contribution in [-0.4, -0.2) is 58.0 Å². The van der Waals surface area contributed by atoms with Crippen molar-refractivity contribution in [3.05, 3.63) is 87.5 Å². The van der Waals surface area contributed by atoms with Crippen LogP contribution in [0.5, 0.6) is 17.2 Å². The highest BCUT2D eigenvalue weighted by Gasteiger charge is 2.26. The van der Waals surface area contributed by atoms with Gasteiger partial charge >= 0.3 is 0 Å². The Kier molecular flexibility index (Phi) is 7.28. The predicted octanol–water partition coefficient (Wildman–Crippen LogP) is 5.13. The van der Waals surface area contributed by atoms with Crippen molar-refractivity contribution in [3.63, 3.8) is 0 Å². The molecule has 3 heterocycles. The monoisotopic (exact) mass is 516 g/mol. The van der Waals surface area contributed by atoms with Gasteiger partial charge < -0.3 is 28.4 Å². The van der Waals surface area contributed by atoms with Gasteiger partial charge in [0.05, 0.1) is 19.8 Å². The van der Waals surface area contributed by atoms with Gasteiger partial charge in [0.1, 0.15) is 55.4 Å². The number of rotatable bonds is 13. The molecule has 0 saturated carbocycles. The maximum absolute atomic E-state index is 6.42. The summed E-state index contributed by atoms with van der Waals surface area (Å²) in [7, 11) is 0. The van der Waals surface area contributed by atoms with Gasteiger partial charge in [-0.05, 0) is 65.8 Å². The maximum Gasteiger partial charge on any atom is 0.126 e. The summed E-state index contributed by atoms with van der Waals surface area (Å²) in [5.74, 6) is 2.84. The fourth-order valence-electron chi connectivity index (χ4n) is 4.83. The van der Waals surface area contributed by atoms with Gasteiger partial charge in [-0.25, -0.2) is 0 Å². The van der Waals surface area contributed by atoms with Gasteiger partial charge in [0.15, 0.2) is 0 Å². The smallest absolute Gasteiger partial charge is 0.126 e. The Labute approximate surface area is 224 Å². The second kappa shape index (κ2) is 11.0. The average Bonchev–Trinajstić information content (AvgIpc) is 3.74. The minimum absolute atomic E-state index is 0.190. The highest BCUT2D eigenvalue weighted by molar-refractivity contribution is 5.52. The normalized spacial score (nSPS) is 21.2. The van der Waals surface area contributed by atoms with Crippen molar-refractivity contribution >= 4 is 0 Å². The molecule has 0 aromatic heterocycles. The zero-order valence-electron chi connectivity index (χ0n) is 22.5. The standard InChI is InChI=1S/C32H36O6/c1-20-6-4-8-25(31(20)37-18-28-15-34-28)13-24-10-11-26(32(22(24)3)38-19-29-16-35-29)12-23-7-5-9-30(21(23)2)36-17-27-14-33-27/h4-11,27-29H,12-19H2,1-3H3. The van der Waals surface area contributed by atoms with Gasteiger partial charge in [-0.3, -0.25) is 0 Å². The summed E-state index contributed by atoms with van der Waals surface area (Å²) in [6, 6.07) is 17.1. The van der Waals surface area contributed by atoms with E-state index in [4.69, 9.17) is 28.4 Å². The molecule has 0 N–H and O–H groups in total. The molecular weight excluding hydrogens is 480 g/mol. The Balaban J connectivity index is 1.26. The van der Waals surface area contributed by atoms with Gasteiger partial charge in [0, 0.05) is 12.8 Å². The van der Waals surface area contributed by atoms with E-state index < -0.39 is 0 Å². The summed E-state index contributed by atoms with van der Waals surface area (Å²) in [6.45, 7) is 10.5. The van der Waals surface area contributed by atoms with Crippen molar-refractivity contribution in [2.24, 2.45) is 0 Å². The van der Waals surface area contributed by atoms with E-state index in [1.165, 1.54) is 22.3 Å². The summed E-state index contributed by atoms with van der Waals surface area (Å²) in [4.78, 5) is 0. The van der Waals surface area contributed by atoms with Crippen molar-refractivity contribution in [1.82, 2.24) is 0 Å². The second-order valence-corrected chi connectivity index (χ2v) is 10.6. The Morgan fingerprint density at radius 3 is 1.74 bits per heavy atom. The van der Waals surface area contributed by atoms with Crippen LogP contribution in [0.15, 0.2) is 48.5 Å². The minimum Gasteiger partial charge on any atom is -0.491 e. The molecule has 0 aliphatic carbocycles. The lowest BCUT2D eigenvalue weighted by molar-refractivity contribution is 0.259. The molecule has 3 fully saturated rings. The molecule has 0 amide bonds. The number of hydrogen-bond donors (Lipinski definition) is 0. The van der Waals surface area contributed by atoms with Crippen molar-refractivity contribution in [2.75, 3.05) is 39.6 Å². The predicted molar refractivity (Wildman–Crippen MR) is 145 cm³/mol. The van der Waals surface area contributed by atoms with E-state index in [0.717, 1.165) is 66.6 Å². The highest BCUT2D eigenvalue weighted by Crippen LogP contribution is 2.35. The van der Waals surface area contributed by atoms with Gasteiger partial charge in [-0.1, -0.05) is 42.5 Å². The highest BCUT2D eigenvalue weighted by atomic mass is 16.6. The number of benzene rings is 3. The van der Waals surface area contributed by atoms with E-state index in [1.807, 2.05) is 6.07 Å². The average molecular weight is 517 g/mol. The molecule has 3 aliphatic heterocycles. The van der Waals surface area contributed by atoms with Crippen molar-refractivity contribution in [3.8, 4) is 17.2 Å². The van der Waals surface area contributed by atoms with Crippen LogP contribution in [-0.2, 0) is 27.1 Å². The summed E-state index contributed by atoms with van der Waals surface area (Å²) in [5.41, 5.74) is 8.28. The first-order valence-corrected chi connectivity index (χ1v) is 13.6. The number of para-hydroxylation sites is 1. The van der Waals surface area contributed by atoms with Crippen molar-refractivity contribution < 1.29 is 28.4 Å². The molecule has 3 atom stereocenters. The Morgan fingerprint density at radius 1 is 0.579 bits per heavy atom. The van der Waals surface area contributed by atoms with Gasteiger partial charge in [-0.2, -0.15) is 0 Å². The SMILES string of the molecule is Cc1cccc(Cc2ccc(Cc3cccc(OCC4CO4)c3C)c(OCC3CO3)c2C)c1OCC1CO1. The Morgan fingerprint density at radius 2 is 1.08 bits per heavy atom. The fraction of sp³-hybridized carbons (Fsp3) is 0.438. The summed E-state index contributed by atoms with van der Waals surface area (Å²) < 4.78 is 34.7. The lowest BCUT2D eigenvalue weighted by atomic mass is 9.92. The summed E-state index contributed by atoms with van der Waals surface area (Å²) in [5, 5.41) is 0. The van der Waals surface area contributed by atoms with Crippen LogP contribution in [0.2, 0.25) is 0 Å². The second-order valence-electron chi connectivity index (χ2n) is 10.6. The third kappa shape index (κ3) is 6.15. The lowest BCUT2D eigenvalue weighted by Gasteiger charge is -2.20. The molecule has 38 heavy (non-hydrogen) atoms. The summed E-state index contributed by atoms with van der Waals surface area (Å²) in [6.07, 6.45) is 2.19. The van der Waals surface area contributed by atoms with E-state index >= 15 is 0 Å². The third-order valence-corrected chi connectivity index (χ3v) is 7.51. The van der Waals surface area contributed by atoms with Crippen LogP contribution in [0.4, 0.5) is 0 Å². The number of ether oxygens (including phenoxy) is 6. The zero-order valence-corrected chi connectivity index (χ0v) is 22.5. The van der Waals surface area contributed by atoms with Crippen LogP contribution in [0.3, 0.4) is 0 Å². The fourth-order valence-corrected chi connectivity index (χ4v) is 4.83. The molecular formula is C32H36O6. The van der Waals surface area contributed by atoms with Gasteiger partial charge in [-0.15, -0.1) is 0 Å². The molecule has 6 heteroatoms. The van der Waals surface area contributed by atoms with Crippen LogP contribution in [0.1, 0.15) is 38.9 Å². The van der Waals surface area contributed by atoms with E-state index in [0.29, 0.717) is 19.8 Å². The number of hydrogen-bond acceptors (Lipinski definition) is 6. The van der Waals surface area contributed by atoms with Gasteiger partial charge in [0.25, 0.3) is 0 Å². The maximum atomic E-state index is 6.42. The molecule has 3 saturated heterocycles. The molecule has 200 valence electrons. The van der Waals surface area contributed by atoms with E-state index in [9.17, 15) is 0 Å². The van der Waals surface area contributed by atoms with Gasteiger partial charge in [0.2, 0.25) is 0 Å². The molecule has 6 rings (SSSR count). The summed E-state index contributed by atoms with van der Waals surface area (Å²) >= 11 is 0. The molecule has 0 radical (unpaired) electrons. The largest absolute Gasteiger partial charge is 0.491 e. The molecule has 3 unspecified atom stereocenters. The van der Waals surface area contributed by atoms with Crippen molar-refractivity contribution in [1.29, 1.82) is 0 Å². The third-order valence-electron chi connectivity index (χ3n) is 7.51. The van der Waals surface area contributed by atoms with Crippen LogP contribution < -0.4 is 14.2 Å². The molecule has 0 spiro atoms. The Hall–Kier alpha value is -3.06. The molecule has 3 aromatic carbocycles. The number of epoxide rings is 3. The zero-order chi connectivity index (χ0) is 26.1. The molecule has 0 bridgehead atoms. The lowest BCUT2D eigenvalue weighted by Crippen LogP contribution is -2.10. The first kappa shape index (κ1) is 25.2. The van der Waals surface area contributed by atoms with E-state index in [-0.39, 0.29) is 18.3 Å². The quantitative estimate of drug-likeness (QED) is 0.294. The van der Waals surface area contributed by atoms with Crippen LogP contribution >= 0.6 is 0 Å². The van der Waals surface area contributed by atoms with E-state index in [2.05, 4.69) is 63.2 Å². The Bertz CT molecular complexity index is 1290. The van der Waals surface area contributed by atoms with E-state index in [1.54, 1.807) is 0 Å². The van der Waals surface area contributed by atoms with Crippen LogP contribution in [0, 0.1) is 20.8 Å².